The van der Waals surface area contributed by atoms with E-state index in [0.717, 1.165) is 17.8 Å². The van der Waals surface area contributed by atoms with Gasteiger partial charge in [0.2, 0.25) is 0 Å². The fraction of sp³-hybridized carbons (Fsp3) is 0.462. The lowest BCUT2D eigenvalue weighted by Crippen LogP contribution is -2.41. The Morgan fingerprint density at radius 1 is 1.62 bits per heavy atom. The molecule has 1 aliphatic heterocycles. The second-order valence-corrected chi connectivity index (χ2v) is 6.99. The lowest BCUT2D eigenvalue weighted by molar-refractivity contribution is -0.140. The molecule has 0 aliphatic carbocycles. The molecule has 1 N–H and O–H groups in total. The van der Waals surface area contributed by atoms with E-state index in [4.69, 9.17) is 4.74 Å². The number of rotatable bonds is 3. The lowest BCUT2D eigenvalue weighted by atomic mass is 10.3. The number of nitrogens with zero attached hydrogens (tertiary/aromatic N) is 2. The Bertz CT molecular complexity index is 712. The molecule has 3 rings (SSSR count). The molecule has 0 amide bonds. The van der Waals surface area contributed by atoms with Crippen LogP contribution in [0.1, 0.15) is 5.82 Å². The average molecular weight is 325 g/mol. The smallest absolute Gasteiger partial charge is 0.320 e. The van der Waals surface area contributed by atoms with E-state index >= 15 is 0 Å². The first-order chi connectivity index (χ1) is 10.2. The zero-order chi connectivity index (χ0) is 14.8. The third kappa shape index (κ3) is 3.12. The van der Waals surface area contributed by atoms with Crippen LogP contribution in [0, 0.1) is 0 Å². The van der Waals surface area contributed by atoms with Gasteiger partial charge in [0.05, 0.1) is 19.2 Å². The van der Waals surface area contributed by atoms with Gasteiger partial charge in [-0.1, -0.05) is 0 Å². The zero-order valence-corrected chi connectivity index (χ0v) is 13.1. The summed E-state index contributed by atoms with van der Waals surface area (Å²) in [4.78, 5) is 33.0. The molecule has 112 valence electrons. The number of ether oxygens (including phenoxy) is 1. The fourth-order valence-corrected chi connectivity index (χ4v) is 4.25. The quantitative estimate of drug-likeness (QED) is 0.851. The maximum Gasteiger partial charge on any atom is 0.320 e. The van der Waals surface area contributed by atoms with Gasteiger partial charge in [0.15, 0.2) is 0 Å². The van der Waals surface area contributed by atoms with Gasteiger partial charge in [-0.05, 0) is 11.4 Å². The minimum absolute atomic E-state index is 0.0964. The predicted octanol–water partition coefficient (Wildman–Crippen LogP) is 1.07. The van der Waals surface area contributed by atoms with Crippen molar-refractivity contribution in [1.29, 1.82) is 0 Å². The molecule has 1 fully saturated rings. The first-order valence-corrected chi connectivity index (χ1v) is 8.48. The van der Waals surface area contributed by atoms with Gasteiger partial charge in [0.25, 0.3) is 5.56 Å². The summed E-state index contributed by atoms with van der Waals surface area (Å²) in [5, 5.41) is 1.70. The molecule has 1 atom stereocenters. The maximum atomic E-state index is 11.9. The summed E-state index contributed by atoms with van der Waals surface area (Å²) in [5.74, 6) is 1.31. The van der Waals surface area contributed by atoms with E-state index in [2.05, 4.69) is 14.9 Å². The minimum atomic E-state index is -0.195. The molecule has 0 spiro atoms. The van der Waals surface area contributed by atoms with Gasteiger partial charge >= 0.3 is 5.97 Å². The number of methoxy groups -OCH3 is 1. The van der Waals surface area contributed by atoms with E-state index in [1.54, 1.807) is 11.8 Å². The van der Waals surface area contributed by atoms with Crippen molar-refractivity contribution in [2.75, 3.05) is 26.0 Å². The number of hydrogen-bond acceptors (Lipinski definition) is 7. The fourth-order valence-electron chi connectivity index (χ4n) is 2.33. The number of nitrogens with one attached hydrogen (secondary N) is 1. The van der Waals surface area contributed by atoms with Crippen LogP contribution in [0.2, 0.25) is 0 Å². The molecule has 3 heterocycles. The van der Waals surface area contributed by atoms with Crippen LogP contribution in [0.5, 0.6) is 0 Å². The molecule has 6 nitrogen and oxygen atoms in total. The summed E-state index contributed by atoms with van der Waals surface area (Å²) in [5.41, 5.74) is 0.635. The normalized spacial score (nSPS) is 19.8. The molecule has 2 aromatic heterocycles. The van der Waals surface area contributed by atoms with Crippen molar-refractivity contribution in [2.24, 2.45) is 0 Å². The van der Waals surface area contributed by atoms with Crippen LogP contribution in [0.3, 0.4) is 0 Å². The molecule has 2 aromatic rings. The highest BCUT2D eigenvalue weighted by Gasteiger charge is 2.27. The van der Waals surface area contributed by atoms with Gasteiger partial charge in [-0.2, -0.15) is 0 Å². The van der Waals surface area contributed by atoms with Crippen molar-refractivity contribution < 1.29 is 9.53 Å². The van der Waals surface area contributed by atoms with Crippen molar-refractivity contribution in [3.63, 3.8) is 0 Å². The number of thioether (sulfide) groups is 1. The number of aromatic amines is 1. The SMILES string of the molecule is COC(=O)C1CN(Cc2nc3ccsc3c(=O)[nH]2)CCS1. The van der Waals surface area contributed by atoms with Crippen LogP contribution in [0.15, 0.2) is 16.2 Å². The first-order valence-electron chi connectivity index (χ1n) is 6.55. The predicted molar refractivity (Wildman–Crippen MR) is 83.8 cm³/mol. The highest BCUT2D eigenvalue weighted by atomic mass is 32.2. The number of aromatic nitrogens is 2. The van der Waals surface area contributed by atoms with Crippen LogP contribution in [-0.2, 0) is 16.1 Å². The summed E-state index contributed by atoms with van der Waals surface area (Å²) < 4.78 is 5.45. The Labute approximate surface area is 129 Å². The van der Waals surface area contributed by atoms with Gasteiger partial charge < -0.3 is 9.72 Å². The number of carbonyl (C=O) groups is 1. The molecule has 1 aliphatic rings. The van der Waals surface area contributed by atoms with Crippen molar-refractivity contribution in [3.8, 4) is 0 Å². The Morgan fingerprint density at radius 2 is 2.48 bits per heavy atom. The van der Waals surface area contributed by atoms with E-state index in [1.165, 1.54) is 18.4 Å². The second-order valence-electron chi connectivity index (χ2n) is 4.77. The standard InChI is InChI=1S/C13H15N3O3S2/c1-19-13(18)9-6-16(3-5-20-9)7-10-14-8-2-4-21-11(8)12(17)15-10/h2,4,9H,3,5-7H2,1H3,(H,14,15,17). The van der Waals surface area contributed by atoms with Crippen LogP contribution in [0.25, 0.3) is 10.2 Å². The Kier molecular flexibility index (Phi) is 4.27. The first kappa shape index (κ1) is 14.6. The van der Waals surface area contributed by atoms with Gasteiger partial charge in [0, 0.05) is 18.8 Å². The van der Waals surface area contributed by atoms with Crippen molar-refractivity contribution in [3.05, 3.63) is 27.6 Å². The largest absolute Gasteiger partial charge is 0.468 e. The number of esters is 1. The number of fused-ring (bicyclic) bond motifs is 1. The van der Waals surface area contributed by atoms with Crippen LogP contribution < -0.4 is 5.56 Å². The lowest BCUT2D eigenvalue weighted by Gasteiger charge is -2.30. The Morgan fingerprint density at radius 3 is 3.29 bits per heavy atom. The summed E-state index contributed by atoms with van der Waals surface area (Å²) in [6.07, 6.45) is 0. The summed E-state index contributed by atoms with van der Waals surface area (Å²) >= 11 is 3.00. The van der Waals surface area contributed by atoms with E-state index in [1.807, 2.05) is 11.4 Å². The summed E-state index contributed by atoms with van der Waals surface area (Å²) in [7, 11) is 1.41. The molecule has 1 unspecified atom stereocenters. The average Bonchev–Trinajstić information content (AvgIpc) is 2.95. The molecule has 0 aromatic carbocycles. The van der Waals surface area contributed by atoms with Gasteiger partial charge in [0.1, 0.15) is 15.8 Å². The topological polar surface area (TPSA) is 75.3 Å². The Balaban J connectivity index is 1.75. The molecule has 8 heteroatoms. The van der Waals surface area contributed by atoms with Gasteiger partial charge in [-0.15, -0.1) is 23.1 Å². The summed E-state index contributed by atoms with van der Waals surface area (Å²) in [6.45, 7) is 2.02. The highest BCUT2D eigenvalue weighted by molar-refractivity contribution is 8.00. The molecule has 0 radical (unpaired) electrons. The Hall–Kier alpha value is -1.38. The van der Waals surface area contributed by atoms with E-state index < -0.39 is 0 Å². The monoisotopic (exact) mass is 325 g/mol. The molecule has 0 saturated carbocycles. The summed E-state index contributed by atoms with van der Waals surface area (Å²) in [6, 6.07) is 1.85. The molecule has 0 bridgehead atoms. The molecular formula is C13H15N3O3S2. The maximum absolute atomic E-state index is 11.9. The van der Waals surface area contributed by atoms with Crippen molar-refractivity contribution >= 4 is 39.3 Å². The number of hydrogen-bond donors (Lipinski definition) is 1. The van der Waals surface area contributed by atoms with Crippen LogP contribution in [-0.4, -0.2) is 52.0 Å². The van der Waals surface area contributed by atoms with E-state index in [0.29, 0.717) is 23.6 Å². The molecule has 1 saturated heterocycles. The third-order valence-corrected chi connectivity index (χ3v) is 5.42. The van der Waals surface area contributed by atoms with Crippen LogP contribution >= 0.6 is 23.1 Å². The zero-order valence-electron chi connectivity index (χ0n) is 11.5. The van der Waals surface area contributed by atoms with Crippen molar-refractivity contribution in [1.82, 2.24) is 14.9 Å². The van der Waals surface area contributed by atoms with Gasteiger partial charge in [-0.25, -0.2) is 4.98 Å². The third-order valence-electron chi connectivity index (χ3n) is 3.35. The number of thiophene rings is 1. The number of H-pyrrole nitrogens is 1. The second kappa shape index (κ2) is 6.17. The van der Waals surface area contributed by atoms with Crippen LogP contribution in [0.4, 0.5) is 0 Å². The number of carbonyl (C=O) groups excluding carboxylic acids is 1. The van der Waals surface area contributed by atoms with E-state index in [9.17, 15) is 9.59 Å². The molecular weight excluding hydrogens is 310 g/mol. The minimum Gasteiger partial charge on any atom is -0.468 e. The molecule has 21 heavy (non-hydrogen) atoms. The highest BCUT2D eigenvalue weighted by Crippen LogP contribution is 2.21. The van der Waals surface area contributed by atoms with Crippen molar-refractivity contribution in [2.45, 2.75) is 11.8 Å². The van der Waals surface area contributed by atoms with Gasteiger partial charge in [-0.3, -0.25) is 14.5 Å². The van der Waals surface area contributed by atoms with E-state index in [-0.39, 0.29) is 16.8 Å².